The highest BCUT2D eigenvalue weighted by Crippen LogP contribution is 2.54. The van der Waals surface area contributed by atoms with Gasteiger partial charge < -0.3 is 18.8 Å². The lowest BCUT2D eigenvalue weighted by molar-refractivity contribution is 1.27. The van der Waals surface area contributed by atoms with Crippen molar-refractivity contribution in [1.29, 1.82) is 0 Å². The zero-order chi connectivity index (χ0) is 56.8. The number of nitrogens with zero attached hydrogens (tertiary/aromatic N) is 4. The van der Waals surface area contributed by atoms with Crippen LogP contribution in [-0.2, 0) is 0 Å². The van der Waals surface area contributed by atoms with Crippen molar-refractivity contribution in [3.05, 3.63) is 266 Å². The van der Waals surface area contributed by atoms with Gasteiger partial charge in [0.25, 0.3) is 0 Å². The molecule has 22 rings (SSSR count). The van der Waals surface area contributed by atoms with Crippen LogP contribution in [-0.4, -0.2) is 22.7 Å². The minimum atomic E-state index is -0.0903. The Morgan fingerprint density at radius 2 is 0.943 bits per heavy atom. The standard InChI is InChI=1S/C80H44B2N4S2/c1-2-17-48-41-52(34-30-45(48)14-1)83-69-37-33-49-40-50(31-35-54(49)72(69)82-74-62(42-51-38-39-87-80(51)79(74)83)60-25-12-24-59-57-22-8-10-28-68(57)86(82)76(59)60)70-44-64-71(88-70)43-63-61-26-13-23-58-56-21-7-9-27-67(56)85(75(58)61)81-65-36-32-47-16-4-6-20-55(47)77(65)84(78(64)73(63)81)66-29-11-18-46-15-3-5-19-53(46)66/h1-44H. The van der Waals surface area contributed by atoms with Crippen LogP contribution < -0.4 is 31.7 Å². The molecule has 8 heteroatoms. The Kier molecular flexibility index (Phi) is 8.83. The van der Waals surface area contributed by atoms with Crippen molar-refractivity contribution >= 4 is 199 Å². The van der Waals surface area contributed by atoms with Gasteiger partial charge in [0.05, 0.1) is 27.4 Å². The molecule has 0 saturated heterocycles. The second kappa shape index (κ2) is 16.7. The highest BCUT2D eigenvalue weighted by molar-refractivity contribution is 7.22. The fourth-order valence-electron chi connectivity index (χ4n) is 17.0. The molecule has 402 valence electrons. The predicted molar refractivity (Wildman–Crippen MR) is 380 cm³/mol. The lowest BCUT2D eigenvalue weighted by Gasteiger charge is -2.41. The molecule has 8 heterocycles. The highest BCUT2D eigenvalue weighted by Gasteiger charge is 2.47. The van der Waals surface area contributed by atoms with Gasteiger partial charge in [-0.3, -0.25) is 0 Å². The van der Waals surface area contributed by atoms with Crippen molar-refractivity contribution in [3.8, 4) is 32.7 Å². The number of fused-ring (bicyclic) bond motifs is 24. The fourth-order valence-corrected chi connectivity index (χ4v) is 19.0. The summed E-state index contributed by atoms with van der Waals surface area (Å²) < 4.78 is 8.00. The second-order valence-electron chi connectivity index (χ2n) is 24.6. The van der Waals surface area contributed by atoms with E-state index < -0.39 is 0 Å². The average Bonchev–Trinajstić information content (AvgIpc) is 1.32. The summed E-state index contributed by atoms with van der Waals surface area (Å²) in [7, 11) is 0. The fraction of sp³-hybridized carbons (Fsp3) is 0. The Bertz CT molecular complexity index is 6260. The first kappa shape index (κ1) is 46.6. The van der Waals surface area contributed by atoms with E-state index in [4.69, 9.17) is 0 Å². The van der Waals surface area contributed by atoms with Crippen molar-refractivity contribution in [2.45, 2.75) is 0 Å². The molecule has 4 aromatic heterocycles. The summed E-state index contributed by atoms with van der Waals surface area (Å²) in [4.78, 5) is 6.55. The third kappa shape index (κ3) is 5.79. The molecule has 0 spiro atoms. The maximum Gasteiger partial charge on any atom is 0.333 e. The van der Waals surface area contributed by atoms with E-state index in [0.29, 0.717) is 0 Å². The molecule has 0 aliphatic carbocycles. The number of rotatable bonds is 3. The van der Waals surface area contributed by atoms with Crippen LogP contribution in [0.5, 0.6) is 0 Å². The van der Waals surface area contributed by atoms with Crippen LogP contribution in [0.1, 0.15) is 0 Å². The smallest absolute Gasteiger partial charge is 0.333 e. The third-order valence-corrected chi connectivity index (χ3v) is 22.5. The zero-order valence-corrected chi connectivity index (χ0v) is 48.8. The maximum absolute atomic E-state index is 2.71. The van der Waals surface area contributed by atoms with Gasteiger partial charge in [-0.15, -0.1) is 22.7 Å². The molecular formula is C80H44B2N4S2. The highest BCUT2D eigenvalue weighted by atomic mass is 32.1. The average molecular weight is 1150 g/mol. The lowest BCUT2D eigenvalue weighted by Crippen LogP contribution is -2.57. The molecule has 4 aliphatic heterocycles. The normalized spacial score (nSPS) is 13.6. The monoisotopic (exact) mass is 1150 g/mol. The van der Waals surface area contributed by atoms with Gasteiger partial charge in [-0.1, -0.05) is 194 Å². The predicted octanol–water partition coefficient (Wildman–Crippen LogP) is 19.4. The third-order valence-electron chi connectivity index (χ3n) is 20.4. The SMILES string of the molecule is c1ccc2cc(N3c4ccc5cc(-c6cc7c8c9c(cc7s6)-c6cccc7c%10ccccc%10n(c67)B9c6ccc7ccccc7c6N8c6cccc7ccccc67)ccc5c4B4c5c(cc6ccsc6c53)-c3cccc5c6ccccc6n4c35)ccc2c1. The quantitative estimate of drug-likeness (QED) is 0.164. The molecule has 0 atom stereocenters. The Morgan fingerprint density at radius 3 is 1.74 bits per heavy atom. The number of aromatic nitrogens is 2. The van der Waals surface area contributed by atoms with Gasteiger partial charge in [0.1, 0.15) is 0 Å². The van der Waals surface area contributed by atoms with Gasteiger partial charge >= 0.3 is 13.7 Å². The summed E-state index contributed by atoms with van der Waals surface area (Å²) in [5, 5.41) is 20.0. The molecule has 0 fully saturated rings. The molecule has 0 saturated carbocycles. The molecule has 0 amide bonds. The van der Waals surface area contributed by atoms with Crippen LogP contribution in [0.25, 0.3) is 140 Å². The van der Waals surface area contributed by atoms with Crippen LogP contribution in [0.4, 0.5) is 34.1 Å². The van der Waals surface area contributed by atoms with Gasteiger partial charge in [0.15, 0.2) is 0 Å². The number of para-hydroxylation sites is 4. The van der Waals surface area contributed by atoms with Crippen LogP contribution in [0, 0.1) is 0 Å². The molecule has 0 unspecified atom stereocenters. The first-order chi connectivity index (χ1) is 43.7. The van der Waals surface area contributed by atoms with Crippen molar-refractivity contribution in [2.24, 2.45) is 0 Å². The van der Waals surface area contributed by atoms with E-state index in [1.807, 2.05) is 22.7 Å². The molecule has 4 nitrogen and oxygen atoms in total. The van der Waals surface area contributed by atoms with E-state index in [2.05, 4.69) is 285 Å². The molecule has 0 radical (unpaired) electrons. The zero-order valence-electron chi connectivity index (χ0n) is 47.2. The lowest BCUT2D eigenvalue weighted by atomic mass is 9.44. The van der Waals surface area contributed by atoms with Crippen LogP contribution >= 0.6 is 22.7 Å². The van der Waals surface area contributed by atoms with E-state index in [0.717, 1.165) is 0 Å². The van der Waals surface area contributed by atoms with E-state index in [1.165, 1.54) is 196 Å². The van der Waals surface area contributed by atoms with Gasteiger partial charge in [-0.05, 0) is 148 Å². The van der Waals surface area contributed by atoms with Crippen LogP contribution in [0.3, 0.4) is 0 Å². The molecular weight excluding hydrogens is 1100 g/mol. The topological polar surface area (TPSA) is 16.3 Å². The maximum atomic E-state index is 2.71. The molecule has 4 aliphatic rings. The van der Waals surface area contributed by atoms with E-state index >= 15 is 0 Å². The van der Waals surface area contributed by atoms with Crippen LogP contribution in [0.15, 0.2) is 266 Å². The van der Waals surface area contributed by atoms with Crippen molar-refractivity contribution in [2.75, 3.05) is 9.80 Å². The molecule has 18 aromatic rings. The van der Waals surface area contributed by atoms with Gasteiger partial charge in [-0.2, -0.15) is 0 Å². The minimum absolute atomic E-state index is 0.0751. The Labute approximate surface area is 513 Å². The number of thiophene rings is 2. The summed E-state index contributed by atoms with van der Waals surface area (Å²) in [5.74, 6) is 0. The molecule has 0 bridgehead atoms. The Morgan fingerprint density at radius 1 is 0.318 bits per heavy atom. The van der Waals surface area contributed by atoms with E-state index in [9.17, 15) is 0 Å². The number of hydrogen-bond acceptors (Lipinski definition) is 4. The van der Waals surface area contributed by atoms with Crippen molar-refractivity contribution in [3.63, 3.8) is 0 Å². The molecule has 0 N–H and O–H groups in total. The summed E-state index contributed by atoms with van der Waals surface area (Å²) in [6.45, 7) is -0.165. The summed E-state index contributed by atoms with van der Waals surface area (Å²) in [6, 6.07) is 99.8. The van der Waals surface area contributed by atoms with Crippen LogP contribution in [0.2, 0.25) is 0 Å². The summed E-state index contributed by atoms with van der Waals surface area (Å²) in [6.07, 6.45) is 0. The van der Waals surface area contributed by atoms with Crippen molar-refractivity contribution in [1.82, 2.24) is 8.96 Å². The first-order valence-corrected chi connectivity index (χ1v) is 32.2. The van der Waals surface area contributed by atoms with E-state index in [1.54, 1.807) is 0 Å². The minimum Gasteiger partial charge on any atom is -0.375 e. The number of hydrogen-bond donors (Lipinski definition) is 0. The number of anilines is 6. The Balaban J connectivity index is 0.822. The summed E-state index contributed by atoms with van der Waals surface area (Å²) in [5.41, 5.74) is 24.3. The van der Waals surface area contributed by atoms with Gasteiger partial charge in [0.2, 0.25) is 0 Å². The largest absolute Gasteiger partial charge is 0.375 e. The first-order valence-electron chi connectivity index (χ1n) is 30.5. The van der Waals surface area contributed by atoms with Gasteiger partial charge in [-0.25, -0.2) is 0 Å². The second-order valence-corrected chi connectivity index (χ2v) is 26.6. The Hall–Kier alpha value is -10.6. The van der Waals surface area contributed by atoms with Crippen molar-refractivity contribution < 1.29 is 0 Å². The van der Waals surface area contributed by atoms with E-state index in [-0.39, 0.29) is 13.7 Å². The number of benzene rings is 14. The molecule has 14 aromatic carbocycles. The van der Waals surface area contributed by atoms with Gasteiger partial charge in [0, 0.05) is 91.8 Å². The molecule has 88 heavy (non-hydrogen) atoms. The summed E-state index contributed by atoms with van der Waals surface area (Å²) >= 11 is 3.79.